The topological polar surface area (TPSA) is 58.9 Å². The van der Waals surface area contributed by atoms with Crippen molar-refractivity contribution in [3.63, 3.8) is 0 Å². The quantitative estimate of drug-likeness (QED) is 0.127. The molecule has 4 aromatic carbocycles. The zero-order valence-corrected chi connectivity index (χ0v) is 28.6. The molecule has 0 fully saturated rings. The molecule has 46 heavy (non-hydrogen) atoms. The van der Waals surface area contributed by atoms with Crippen LogP contribution in [0.2, 0.25) is 16.4 Å². The fraction of sp³-hybridized carbons (Fsp3) is 0.231. The van der Waals surface area contributed by atoms with Crippen molar-refractivity contribution in [2.45, 2.75) is 51.1 Å². The highest BCUT2D eigenvalue weighted by atomic mass is 35.5. The Labute approximate surface area is 280 Å². The van der Waals surface area contributed by atoms with E-state index in [2.05, 4.69) is 100 Å². The van der Waals surface area contributed by atoms with Crippen molar-refractivity contribution in [3.05, 3.63) is 149 Å². The average Bonchev–Trinajstić information content (AvgIpc) is 3.05. The molecule has 0 radical (unpaired) electrons. The summed E-state index contributed by atoms with van der Waals surface area (Å²) in [5.74, 6) is 0.126. The van der Waals surface area contributed by atoms with Gasteiger partial charge in [0.1, 0.15) is 5.75 Å². The SMILES string of the molecule is C=C(CO[Si](c1ccccc1)(c1ccccc1)C(C)(C)C)C1=CCB(O)OC1CC/C(=C/c1ccc(O)cc1Cl)c1ccccc1. The maximum atomic E-state index is 10.5. The molecule has 0 spiro atoms. The van der Waals surface area contributed by atoms with Crippen molar-refractivity contribution >= 4 is 49.1 Å². The van der Waals surface area contributed by atoms with Crippen molar-refractivity contribution in [1.29, 1.82) is 0 Å². The van der Waals surface area contributed by atoms with Crippen molar-refractivity contribution < 1.29 is 19.2 Å². The average molecular weight is 649 g/mol. The molecule has 5 rings (SSSR count). The lowest BCUT2D eigenvalue weighted by Gasteiger charge is -2.43. The van der Waals surface area contributed by atoms with Gasteiger partial charge in [0.25, 0.3) is 8.32 Å². The summed E-state index contributed by atoms with van der Waals surface area (Å²) >= 11 is 6.49. The summed E-state index contributed by atoms with van der Waals surface area (Å²) in [6, 6.07) is 36.3. The van der Waals surface area contributed by atoms with Gasteiger partial charge in [-0.15, -0.1) is 0 Å². The largest absolute Gasteiger partial charge is 0.508 e. The highest BCUT2D eigenvalue weighted by Gasteiger charge is 2.50. The fourth-order valence-corrected chi connectivity index (χ4v) is 11.1. The Morgan fingerprint density at radius 3 is 2.11 bits per heavy atom. The molecule has 4 aromatic rings. The van der Waals surface area contributed by atoms with Gasteiger partial charge in [-0.05, 0) is 80.4 Å². The summed E-state index contributed by atoms with van der Waals surface area (Å²) in [7, 11) is -3.64. The Hall–Kier alpha value is -3.65. The Kier molecular flexibility index (Phi) is 10.9. The molecule has 1 aliphatic heterocycles. The number of allylic oxidation sites excluding steroid dienone is 2. The van der Waals surface area contributed by atoms with Gasteiger partial charge in [-0.2, -0.15) is 0 Å². The third-order valence-electron chi connectivity index (χ3n) is 8.63. The van der Waals surface area contributed by atoms with Crippen molar-refractivity contribution in [2.75, 3.05) is 6.61 Å². The van der Waals surface area contributed by atoms with E-state index in [9.17, 15) is 10.1 Å². The molecule has 0 amide bonds. The van der Waals surface area contributed by atoms with Gasteiger partial charge in [-0.3, -0.25) is 0 Å². The van der Waals surface area contributed by atoms with Crippen LogP contribution in [0.25, 0.3) is 11.6 Å². The molecule has 236 valence electrons. The first kappa shape index (κ1) is 33.7. The molecular formula is C39H42BClO4Si. The van der Waals surface area contributed by atoms with Crippen LogP contribution in [0.5, 0.6) is 5.75 Å². The van der Waals surface area contributed by atoms with Gasteiger partial charge in [-0.1, -0.05) is 136 Å². The van der Waals surface area contributed by atoms with E-state index < -0.39 is 15.4 Å². The zero-order valence-electron chi connectivity index (χ0n) is 26.8. The number of rotatable bonds is 11. The first-order valence-electron chi connectivity index (χ1n) is 15.8. The van der Waals surface area contributed by atoms with Crippen molar-refractivity contribution in [2.24, 2.45) is 0 Å². The minimum atomic E-state index is -2.76. The Bertz CT molecular complexity index is 1640. The minimum Gasteiger partial charge on any atom is -0.508 e. The molecular weight excluding hydrogens is 607 g/mol. The summed E-state index contributed by atoms with van der Waals surface area (Å²) in [6.45, 7) is 11.7. The van der Waals surface area contributed by atoms with Gasteiger partial charge in [0.2, 0.25) is 0 Å². The van der Waals surface area contributed by atoms with Crippen LogP contribution in [0.15, 0.2) is 133 Å². The van der Waals surface area contributed by atoms with E-state index >= 15 is 0 Å². The summed E-state index contributed by atoms with van der Waals surface area (Å²) in [6.07, 6.45) is 5.44. The fourth-order valence-electron chi connectivity index (χ4n) is 6.37. The number of aromatic hydroxyl groups is 1. The third-order valence-corrected chi connectivity index (χ3v) is 13.9. The van der Waals surface area contributed by atoms with E-state index in [-0.39, 0.29) is 16.9 Å². The standard InChI is InChI=1S/C39H42BClO4Si/c1-29(28-44-46(39(2,3)4,34-16-10-6-11-17-34)35-18-12-7-13-19-35)36-24-25-40(43)45-38(36)23-21-31(30-14-8-5-9-15-30)26-32-20-22-33(42)27-37(32)41/h5-20,22,24,26-27,38,42-43H,1,21,23,25,28H2,2-4H3/b31-26-. The predicted octanol–water partition coefficient (Wildman–Crippen LogP) is 8.30. The number of phenolic OH excluding ortho intramolecular Hbond substituents is 1. The van der Waals surface area contributed by atoms with Crippen LogP contribution in [0.3, 0.4) is 0 Å². The molecule has 1 atom stereocenters. The van der Waals surface area contributed by atoms with E-state index in [1.54, 1.807) is 12.1 Å². The van der Waals surface area contributed by atoms with Gasteiger partial charge in [-0.25, -0.2) is 0 Å². The van der Waals surface area contributed by atoms with Crippen LogP contribution >= 0.6 is 11.6 Å². The first-order valence-corrected chi connectivity index (χ1v) is 18.1. The molecule has 0 aromatic heterocycles. The summed E-state index contributed by atoms with van der Waals surface area (Å²) in [4.78, 5) is 0. The van der Waals surface area contributed by atoms with Crippen LogP contribution in [-0.4, -0.2) is 38.3 Å². The first-order chi connectivity index (χ1) is 22.1. The van der Waals surface area contributed by atoms with Gasteiger partial charge in [0.05, 0.1) is 17.7 Å². The van der Waals surface area contributed by atoms with Crippen LogP contribution in [-0.2, 0) is 9.08 Å². The number of phenols is 1. The van der Waals surface area contributed by atoms with Crippen LogP contribution in [0, 0.1) is 0 Å². The highest BCUT2D eigenvalue weighted by molar-refractivity contribution is 6.99. The summed E-state index contributed by atoms with van der Waals surface area (Å²) in [5, 5.41) is 23.2. The van der Waals surface area contributed by atoms with Gasteiger partial charge >= 0.3 is 7.12 Å². The normalized spacial score (nSPS) is 15.8. The molecule has 0 aliphatic carbocycles. The van der Waals surface area contributed by atoms with Gasteiger partial charge < -0.3 is 19.2 Å². The van der Waals surface area contributed by atoms with Crippen molar-refractivity contribution in [1.82, 2.24) is 0 Å². The second kappa shape index (κ2) is 14.8. The molecule has 1 heterocycles. The number of hydrogen-bond acceptors (Lipinski definition) is 4. The van der Waals surface area contributed by atoms with Gasteiger partial charge in [0, 0.05) is 6.32 Å². The minimum absolute atomic E-state index is 0.126. The Balaban J connectivity index is 1.41. The summed E-state index contributed by atoms with van der Waals surface area (Å²) in [5.41, 5.74) is 4.80. The van der Waals surface area contributed by atoms with E-state index in [0.29, 0.717) is 30.8 Å². The lowest BCUT2D eigenvalue weighted by Crippen LogP contribution is -2.66. The number of halogens is 1. The molecule has 4 nitrogen and oxygen atoms in total. The molecule has 7 heteroatoms. The van der Waals surface area contributed by atoms with Crippen LogP contribution in [0.1, 0.15) is 44.7 Å². The number of hydrogen-bond donors (Lipinski definition) is 2. The van der Waals surface area contributed by atoms with Gasteiger partial charge in [0.15, 0.2) is 0 Å². The maximum Gasteiger partial charge on any atom is 0.458 e. The third kappa shape index (κ3) is 7.65. The second-order valence-electron chi connectivity index (χ2n) is 12.8. The molecule has 0 saturated heterocycles. The van der Waals surface area contributed by atoms with E-state index in [4.69, 9.17) is 20.7 Å². The Morgan fingerprint density at radius 1 is 0.957 bits per heavy atom. The molecule has 1 aliphatic rings. The lowest BCUT2D eigenvalue weighted by atomic mass is 9.78. The number of benzene rings is 4. The molecule has 1 unspecified atom stereocenters. The molecule has 2 N–H and O–H groups in total. The Morgan fingerprint density at radius 2 is 1.54 bits per heavy atom. The zero-order chi connectivity index (χ0) is 32.7. The predicted molar refractivity (Wildman–Crippen MR) is 195 cm³/mol. The van der Waals surface area contributed by atoms with E-state index in [1.807, 2.05) is 36.4 Å². The molecule has 0 bridgehead atoms. The van der Waals surface area contributed by atoms with Crippen molar-refractivity contribution in [3.8, 4) is 5.75 Å². The summed E-state index contributed by atoms with van der Waals surface area (Å²) < 4.78 is 13.3. The second-order valence-corrected chi connectivity index (χ2v) is 17.5. The maximum absolute atomic E-state index is 10.5. The lowest BCUT2D eigenvalue weighted by molar-refractivity contribution is 0.182. The monoisotopic (exact) mass is 648 g/mol. The van der Waals surface area contributed by atoms with Crippen LogP contribution in [0.4, 0.5) is 0 Å². The van der Waals surface area contributed by atoms with E-state index in [1.165, 1.54) is 10.4 Å². The van der Waals surface area contributed by atoms with Crippen LogP contribution < -0.4 is 10.4 Å². The smallest absolute Gasteiger partial charge is 0.458 e. The molecule has 0 saturated carbocycles. The highest BCUT2D eigenvalue weighted by Crippen LogP contribution is 2.38. The van der Waals surface area contributed by atoms with E-state index in [0.717, 1.165) is 27.8 Å².